The fourth-order valence-corrected chi connectivity index (χ4v) is 2.69. The minimum atomic E-state index is -4.72. The molecule has 0 saturated carbocycles. The summed E-state index contributed by atoms with van der Waals surface area (Å²) in [5, 5.41) is 12.2. The van der Waals surface area contributed by atoms with Crippen molar-refractivity contribution in [2.45, 2.75) is 18.9 Å². The molecule has 0 aliphatic rings. The summed E-state index contributed by atoms with van der Waals surface area (Å²) in [6.07, 6.45) is -1.50. The number of rotatable bonds is 5. The van der Waals surface area contributed by atoms with Crippen molar-refractivity contribution in [3.05, 3.63) is 83.1 Å². The van der Waals surface area contributed by atoms with E-state index >= 15 is 0 Å². The number of halogens is 4. The molecule has 0 fully saturated rings. The SMILES string of the molecule is O=C(N[C@@H](c1ccc(CF)cc1)c1ncccc1C(F)(F)F)c1cncnc1O. The second-order valence-electron chi connectivity index (χ2n) is 5.98. The molecule has 0 aliphatic carbocycles. The van der Waals surface area contributed by atoms with Gasteiger partial charge in [-0.3, -0.25) is 9.78 Å². The molecule has 0 radical (unpaired) electrons. The molecule has 3 aromatic rings. The highest BCUT2D eigenvalue weighted by Crippen LogP contribution is 2.35. The molecule has 10 heteroatoms. The number of aromatic nitrogens is 3. The maximum Gasteiger partial charge on any atom is 0.418 e. The Kier molecular flexibility index (Phi) is 5.71. The Hall–Kier alpha value is -3.56. The summed E-state index contributed by atoms with van der Waals surface area (Å²) in [5.41, 5.74) is -1.23. The summed E-state index contributed by atoms with van der Waals surface area (Å²) < 4.78 is 53.3. The summed E-state index contributed by atoms with van der Waals surface area (Å²) in [6, 6.07) is 6.25. The third-order valence-electron chi connectivity index (χ3n) is 4.10. The van der Waals surface area contributed by atoms with Gasteiger partial charge in [-0.2, -0.15) is 13.2 Å². The molecule has 29 heavy (non-hydrogen) atoms. The normalized spacial score (nSPS) is 12.4. The molecule has 1 aromatic carbocycles. The lowest BCUT2D eigenvalue weighted by molar-refractivity contribution is -0.138. The van der Waals surface area contributed by atoms with Gasteiger partial charge < -0.3 is 10.4 Å². The lowest BCUT2D eigenvalue weighted by atomic mass is 9.97. The Balaban J connectivity index is 2.08. The van der Waals surface area contributed by atoms with Gasteiger partial charge in [-0.05, 0) is 23.3 Å². The molecule has 3 rings (SSSR count). The molecule has 0 bridgehead atoms. The Morgan fingerprint density at radius 1 is 1.14 bits per heavy atom. The largest absolute Gasteiger partial charge is 0.493 e. The van der Waals surface area contributed by atoms with E-state index in [1.54, 1.807) is 0 Å². The maximum absolute atomic E-state index is 13.5. The number of nitrogens with zero attached hydrogens (tertiary/aromatic N) is 3. The second-order valence-corrected chi connectivity index (χ2v) is 5.98. The number of alkyl halides is 4. The van der Waals surface area contributed by atoms with Crippen molar-refractivity contribution in [3.63, 3.8) is 0 Å². The molecule has 1 amide bonds. The van der Waals surface area contributed by atoms with Crippen LogP contribution in [0.2, 0.25) is 0 Å². The molecular formula is C19H14F4N4O2. The van der Waals surface area contributed by atoms with Gasteiger partial charge in [-0.25, -0.2) is 14.4 Å². The third kappa shape index (κ3) is 4.48. The smallest absolute Gasteiger partial charge is 0.418 e. The van der Waals surface area contributed by atoms with Crippen molar-refractivity contribution in [2.75, 3.05) is 0 Å². The maximum atomic E-state index is 13.5. The van der Waals surface area contributed by atoms with Gasteiger partial charge in [0.15, 0.2) is 0 Å². The van der Waals surface area contributed by atoms with Gasteiger partial charge in [-0.1, -0.05) is 24.3 Å². The van der Waals surface area contributed by atoms with E-state index < -0.39 is 41.9 Å². The van der Waals surface area contributed by atoms with Gasteiger partial charge >= 0.3 is 6.18 Å². The summed E-state index contributed by atoms with van der Waals surface area (Å²) in [4.78, 5) is 23.5. The number of nitrogens with one attached hydrogen (secondary N) is 1. The number of hydrogen-bond donors (Lipinski definition) is 2. The Bertz CT molecular complexity index is 1010. The van der Waals surface area contributed by atoms with Crippen molar-refractivity contribution in [3.8, 4) is 5.88 Å². The molecule has 0 saturated heterocycles. The standard InChI is InChI=1S/C19H14F4N4O2/c20-8-11-3-5-12(6-4-11)15(16-14(19(21,22)23)2-1-7-25-16)27-18(29)13-9-24-10-26-17(13)28/h1-7,9-10,15H,8H2,(H,27,29)(H,24,26,28)/t15-/m0/s1. The van der Waals surface area contributed by atoms with Gasteiger partial charge in [0.1, 0.15) is 18.6 Å². The fraction of sp³-hybridized carbons (Fsp3) is 0.158. The van der Waals surface area contributed by atoms with Crippen molar-refractivity contribution in [1.82, 2.24) is 20.3 Å². The van der Waals surface area contributed by atoms with Crippen LogP contribution in [0.1, 0.15) is 38.8 Å². The van der Waals surface area contributed by atoms with Crippen LogP contribution >= 0.6 is 0 Å². The quantitative estimate of drug-likeness (QED) is 0.633. The van der Waals surface area contributed by atoms with Crippen molar-refractivity contribution >= 4 is 5.91 Å². The topological polar surface area (TPSA) is 88.0 Å². The number of pyridine rings is 1. The molecule has 2 N–H and O–H groups in total. The van der Waals surface area contributed by atoms with E-state index in [0.717, 1.165) is 24.7 Å². The number of carbonyl (C=O) groups is 1. The van der Waals surface area contributed by atoms with E-state index in [2.05, 4.69) is 20.3 Å². The predicted molar refractivity (Wildman–Crippen MR) is 93.5 cm³/mol. The number of benzene rings is 1. The van der Waals surface area contributed by atoms with Crippen LogP contribution in [0.25, 0.3) is 0 Å². The van der Waals surface area contributed by atoms with Crippen LogP contribution in [0.3, 0.4) is 0 Å². The van der Waals surface area contributed by atoms with Crippen LogP contribution in [-0.4, -0.2) is 26.0 Å². The summed E-state index contributed by atoms with van der Waals surface area (Å²) in [6.45, 7) is -0.746. The highest BCUT2D eigenvalue weighted by molar-refractivity contribution is 5.96. The fourth-order valence-electron chi connectivity index (χ4n) is 2.69. The van der Waals surface area contributed by atoms with Crippen LogP contribution in [0.4, 0.5) is 17.6 Å². The van der Waals surface area contributed by atoms with Gasteiger partial charge in [-0.15, -0.1) is 0 Å². The second kappa shape index (κ2) is 8.21. The average molecular weight is 406 g/mol. The van der Waals surface area contributed by atoms with Crippen LogP contribution < -0.4 is 5.32 Å². The van der Waals surface area contributed by atoms with E-state index in [1.165, 1.54) is 30.5 Å². The van der Waals surface area contributed by atoms with E-state index in [9.17, 15) is 27.5 Å². The molecule has 0 unspecified atom stereocenters. The van der Waals surface area contributed by atoms with Crippen molar-refractivity contribution in [2.24, 2.45) is 0 Å². The van der Waals surface area contributed by atoms with Crippen molar-refractivity contribution in [1.29, 1.82) is 0 Å². The van der Waals surface area contributed by atoms with Crippen LogP contribution in [0.5, 0.6) is 5.88 Å². The first kappa shape index (κ1) is 20.2. The van der Waals surface area contributed by atoms with E-state index in [0.29, 0.717) is 5.56 Å². The Morgan fingerprint density at radius 2 is 1.86 bits per heavy atom. The Morgan fingerprint density at radius 3 is 2.48 bits per heavy atom. The lowest BCUT2D eigenvalue weighted by Gasteiger charge is -2.22. The minimum Gasteiger partial charge on any atom is -0.493 e. The highest BCUT2D eigenvalue weighted by Gasteiger charge is 2.37. The minimum absolute atomic E-state index is 0.246. The molecule has 6 nitrogen and oxygen atoms in total. The van der Waals surface area contributed by atoms with E-state index in [4.69, 9.17) is 0 Å². The molecule has 2 heterocycles. The Labute approximate surface area is 162 Å². The molecule has 1 atom stereocenters. The van der Waals surface area contributed by atoms with Gasteiger partial charge in [0.05, 0.1) is 17.3 Å². The molecule has 0 spiro atoms. The van der Waals surface area contributed by atoms with E-state index in [1.807, 2.05) is 0 Å². The number of hydrogen-bond acceptors (Lipinski definition) is 5. The number of carbonyl (C=O) groups excluding carboxylic acids is 1. The van der Waals surface area contributed by atoms with Crippen LogP contribution in [-0.2, 0) is 12.9 Å². The highest BCUT2D eigenvalue weighted by atomic mass is 19.4. The first-order valence-electron chi connectivity index (χ1n) is 8.28. The number of amides is 1. The third-order valence-corrected chi connectivity index (χ3v) is 4.10. The van der Waals surface area contributed by atoms with Crippen LogP contribution in [0.15, 0.2) is 55.1 Å². The van der Waals surface area contributed by atoms with Crippen LogP contribution in [0, 0.1) is 0 Å². The summed E-state index contributed by atoms with van der Waals surface area (Å²) in [7, 11) is 0. The van der Waals surface area contributed by atoms with Gasteiger partial charge in [0.25, 0.3) is 5.91 Å². The molecule has 150 valence electrons. The monoisotopic (exact) mass is 406 g/mol. The zero-order valence-corrected chi connectivity index (χ0v) is 14.7. The zero-order valence-electron chi connectivity index (χ0n) is 14.7. The first-order valence-corrected chi connectivity index (χ1v) is 8.28. The lowest BCUT2D eigenvalue weighted by Crippen LogP contribution is -2.32. The van der Waals surface area contributed by atoms with Gasteiger partial charge in [0, 0.05) is 12.4 Å². The van der Waals surface area contributed by atoms with E-state index in [-0.39, 0.29) is 11.1 Å². The molecule has 2 aromatic heterocycles. The molecule has 0 aliphatic heterocycles. The predicted octanol–water partition coefficient (Wildman–Crippen LogP) is 3.58. The first-order chi connectivity index (χ1) is 13.8. The molecular weight excluding hydrogens is 392 g/mol. The van der Waals surface area contributed by atoms with Gasteiger partial charge in [0.2, 0.25) is 5.88 Å². The summed E-state index contributed by atoms with van der Waals surface area (Å²) >= 11 is 0. The zero-order chi connectivity index (χ0) is 21.0. The average Bonchev–Trinajstić information content (AvgIpc) is 2.72. The van der Waals surface area contributed by atoms with Crippen molar-refractivity contribution < 1.29 is 27.5 Å². The number of aromatic hydroxyl groups is 1. The summed E-state index contributed by atoms with van der Waals surface area (Å²) in [5.74, 6) is -1.53.